The van der Waals surface area contributed by atoms with E-state index in [4.69, 9.17) is 4.74 Å². The summed E-state index contributed by atoms with van der Waals surface area (Å²) in [5.41, 5.74) is 0.638. The predicted molar refractivity (Wildman–Crippen MR) is 79.3 cm³/mol. The highest BCUT2D eigenvalue weighted by Gasteiger charge is 2.05. The first-order valence-corrected chi connectivity index (χ1v) is 7.46. The fourth-order valence-electron chi connectivity index (χ4n) is 1.97. The van der Waals surface area contributed by atoms with Crippen molar-refractivity contribution in [3.05, 3.63) is 35.9 Å². The molecule has 2 heteroatoms. The second-order valence-electron chi connectivity index (χ2n) is 5.22. The SMILES string of the molecule is CCC(C)CCCCCCOC(=O)c1ccccc1. The molecular weight excluding hydrogens is 236 g/mol. The third kappa shape index (κ3) is 7.00. The number of esters is 1. The zero-order valence-electron chi connectivity index (χ0n) is 12.2. The Bertz CT molecular complexity index is 346. The van der Waals surface area contributed by atoms with Gasteiger partial charge in [-0.1, -0.05) is 64.2 Å². The summed E-state index contributed by atoms with van der Waals surface area (Å²) in [7, 11) is 0. The Labute approximate surface area is 117 Å². The van der Waals surface area contributed by atoms with Crippen LogP contribution in [0.5, 0.6) is 0 Å². The molecule has 0 N–H and O–H groups in total. The van der Waals surface area contributed by atoms with Crippen LogP contribution in [0.4, 0.5) is 0 Å². The number of carbonyl (C=O) groups is 1. The van der Waals surface area contributed by atoms with Crippen LogP contribution < -0.4 is 0 Å². The van der Waals surface area contributed by atoms with Crippen LogP contribution in [0.25, 0.3) is 0 Å². The number of carbonyl (C=O) groups excluding carboxylic acids is 1. The summed E-state index contributed by atoms with van der Waals surface area (Å²) in [6, 6.07) is 9.17. The molecule has 2 nitrogen and oxygen atoms in total. The van der Waals surface area contributed by atoms with Crippen molar-refractivity contribution in [3.8, 4) is 0 Å². The number of benzene rings is 1. The van der Waals surface area contributed by atoms with Crippen molar-refractivity contribution in [1.82, 2.24) is 0 Å². The molecule has 0 aliphatic heterocycles. The van der Waals surface area contributed by atoms with Crippen LogP contribution >= 0.6 is 0 Å². The molecule has 1 aromatic carbocycles. The highest BCUT2D eigenvalue weighted by molar-refractivity contribution is 5.89. The normalized spacial score (nSPS) is 12.1. The van der Waals surface area contributed by atoms with E-state index in [1.54, 1.807) is 12.1 Å². The smallest absolute Gasteiger partial charge is 0.338 e. The molecule has 19 heavy (non-hydrogen) atoms. The van der Waals surface area contributed by atoms with Gasteiger partial charge in [-0.25, -0.2) is 4.79 Å². The highest BCUT2D eigenvalue weighted by atomic mass is 16.5. The van der Waals surface area contributed by atoms with Crippen LogP contribution in [0.15, 0.2) is 30.3 Å². The Balaban J connectivity index is 2.01. The zero-order valence-corrected chi connectivity index (χ0v) is 12.2. The van der Waals surface area contributed by atoms with E-state index in [2.05, 4.69) is 13.8 Å². The number of unbranched alkanes of at least 4 members (excludes halogenated alkanes) is 3. The van der Waals surface area contributed by atoms with Gasteiger partial charge in [-0.3, -0.25) is 0 Å². The maximum absolute atomic E-state index is 11.6. The summed E-state index contributed by atoms with van der Waals surface area (Å²) in [4.78, 5) is 11.6. The Morgan fingerprint density at radius 3 is 2.47 bits per heavy atom. The van der Waals surface area contributed by atoms with Crippen molar-refractivity contribution in [2.45, 2.75) is 52.4 Å². The van der Waals surface area contributed by atoms with Gasteiger partial charge in [0.2, 0.25) is 0 Å². The quantitative estimate of drug-likeness (QED) is 0.470. The van der Waals surface area contributed by atoms with Crippen LogP contribution in [0.3, 0.4) is 0 Å². The molecule has 0 amide bonds. The molecule has 0 bridgehead atoms. The van der Waals surface area contributed by atoms with E-state index in [1.165, 1.54) is 25.7 Å². The van der Waals surface area contributed by atoms with E-state index < -0.39 is 0 Å². The number of rotatable bonds is 9. The van der Waals surface area contributed by atoms with E-state index in [0.29, 0.717) is 12.2 Å². The maximum Gasteiger partial charge on any atom is 0.338 e. The van der Waals surface area contributed by atoms with Gasteiger partial charge in [-0.15, -0.1) is 0 Å². The number of hydrogen-bond acceptors (Lipinski definition) is 2. The van der Waals surface area contributed by atoms with Crippen molar-refractivity contribution < 1.29 is 9.53 Å². The Hall–Kier alpha value is -1.31. The monoisotopic (exact) mass is 262 g/mol. The van der Waals surface area contributed by atoms with Gasteiger partial charge in [0.15, 0.2) is 0 Å². The minimum atomic E-state index is -0.208. The second-order valence-corrected chi connectivity index (χ2v) is 5.22. The van der Waals surface area contributed by atoms with Crippen molar-refractivity contribution in [2.75, 3.05) is 6.61 Å². The molecule has 0 aliphatic rings. The molecule has 0 saturated carbocycles. The average molecular weight is 262 g/mol. The van der Waals surface area contributed by atoms with Crippen molar-refractivity contribution in [3.63, 3.8) is 0 Å². The lowest BCUT2D eigenvalue weighted by Gasteiger charge is -2.08. The van der Waals surface area contributed by atoms with Gasteiger partial charge in [-0.2, -0.15) is 0 Å². The molecule has 1 unspecified atom stereocenters. The average Bonchev–Trinajstić information content (AvgIpc) is 2.46. The van der Waals surface area contributed by atoms with E-state index in [0.717, 1.165) is 18.8 Å². The van der Waals surface area contributed by atoms with Gasteiger partial charge in [0.1, 0.15) is 0 Å². The molecular formula is C17H26O2. The van der Waals surface area contributed by atoms with Crippen LogP contribution in [-0.2, 0) is 4.74 Å². The topological polar surface area (TPSA) is 26.3 Å². The Kier molecular flexibility index (Phi) is 7.95. The third-order valence-electron chi connectivity index (χ3n) is 3.53. The first kappa shape index (κ1) is 15.7. The molecule has 1 rings (SSSR count). The standard InChI is InChI=1S/C17H26O2/c1-3-15(2)11-7-4-5-10-14-19-17(18)16-12-8-6-9-13-16/h6,8-9,12-13,15H,3-5,7,10-11,14H2,1-2H3. The minimum absolute atomic E-state index is 0.208. The van der Waals surface area contributed by atoms with Crippen molar-refractivity contribution in [2.24, 2.45) is 5.92 Å². The minimum Gasteiger partial charge on any atom is -0.462 e. The summed E-state index contributed by atoms with van der Waals surface area (Å²) in [5, 5.41) is 0. The maximum atomic E-state index is 11.6. The van der Waals surface area contributed by atoms with Crippen molar-refractivity contribution >= 4 is 5.97 Å². The summed E-state index contributed by atoms with van der Waals surface area (Å²) < 4.78 is 5.24. The van der Waals surface area contributed by atoms with Gasteiger partial charge in [0, 0.05) is 0 Å². The predicted octanol–water partition coefficient (Wildman–Crippen LogP) is 4.84. The van der Waals surface area contributed by atoms with Crippen LogP contribution in [0.1, 0.15) is 62.7 Å². The molecule has 0 heterocycles. The molecule has 0 spiro atoms. The molecule has 1 aromatic rings. The van der Waals surface area contributed by atoms with E-state index in [-0.39, 0.29) is 5.97 Å². The van der Waals surface area contributed by atoms with Crippen LogP contribution in [-0.4, -0.2) is 12.6 Å². The van der Waals surface area contributed by atoms with Gasteiger partial charge < -0.3 is 4.74 Å². The lowest BCUT2D eigenvalue weighted by atomic mass is 10.0. The zero-order chi connectivity index (χ0) is 13.9. The van der Waals surface area contributed by atoms with E-state index >= 15 is 0 Å². The summed E-state index contributed by atoms with van der Waals surface area (Å²) in [5.74, 6) is 0.635. The van der Waals surface area contributed by atoms with Gasteiger partial charge >= 0.3 is 5.97 Å². The fourth-order valence-corrected chi connectivity index (χ4v) is 1.97. The van der Waals surface area contributed by atoms with Gasteiger partial charge in [0.25, 0.3) is 0 Å². The Morgan fingerprint density at radius 1 is 1.11 bits per heavy atom. The second kappa shape index (κ2) is 9.60. The number of ether oxygens (including phenoxy) is 1. The molecule has 0 radical (unpaired) electrons. The lowest BCUT2D eigenvalue weighted by Crippen LogP contribution is -2.06. The number of hydrogen-bond donors (Lipinski definition) is 0. The Morgan fingerprint density at radius 2 is 1.79 bits per heavy atom. The fraction of sp³-hybridized carbons (Fsp3) is 0.588. The molecule has 106 valence electrons. The summed E-state index contributed by atoms with van der Waals surface area (Å²) in [6.07, 6.45) is 7.25. The highest BCUT2D eigenvalue weighted by Crippen LogP contribution is 2.13. The van der Waals surface area contributed by atoms with Crippen LogP contribution in [0, 0.1) is 5.92 Å². The molecule has 0 aliphatic carbocycles. The summed E-state index contributed by atoms with van der Waals surface area (Å²) in [6.45, 7) is 5.09. The van der Waals surface area contributed by atoms with E-state index in [9.17, 15) is 4.79 Å². The van der Waals surface area contributed by atoms with Gasteiger partial charge in [0.05, 0.1) is 12.2 Å². The molecule has 0 aromatic heterocycles. The molecule has 0 saturated heterocycles. The summed E-state index contributed by atoms with van der Waals surface area (Å²) >= 11 is 0. The molecule has 1 atom stereocenters. The third-order valence-corrected chi connectivity index (χ3v) is 3.53. The van der Waals surface area contributed by atoms with Crippen LogP contribution in [0.2, 0.25) is 0 Å². The molecule has 0 fully saturated rings. The lowest BCUT2D eigenvalue weighted by molar-refractivity contribution is 0.0497. The van der Waals surface area contributed by atoms with Crippen molar-refractivity contribution in [1.29, 1.82) is 0 Å². The van der Waals surface area contributed by atoms with Gasteiger partial charge in [-0.05, 0) is 24.5 Å². The first-order chi connectivity index (χ1) is 9.24. The largest absolute Gasteiger partial charge is 0.462 e. The van der Waals surface area contributed by atoms with E-state index in [1.807, 2.05) is 18.2 Å². The first-order valence-electron chi connectivity index (χ1n) is 7.46.